The molecule has 2 fully saturated rings. The van der Waals surface area contributed by atoms with Gasteiger partial charge in [-0.05, 0) is 44.6 Å². The molecule has 12 heteroatoms. The lowest BCUT2D eigenvalue weighted by Crippen LogP contribution is -2.46. The molecule has 1 aromatic heterocycles. The van der Waals surface area contributed by atoms with Crippen molar-refractivity contribution in [2.75, 3.05) is 26.7 Å². The predicted octanol–water partition coefficient (Wildman–Crippen LogP) is 2.63. The van der Waals surface area contributed by atoms with Crippen LogP contribution in [0.1, 0.15) is 50.6 Å². The molecule has 3 N–H and O–H groups in total. The SMILES string of the molecule is CNCc1cn(CC2CCN(C(=O)NCC3CCCCC3)CC2)nn1.O=C(O)C(F)(F)F. The average molecular weight is 463 g/mol. The first-order valence-electron chi connectivity index (χ1n) is 11.1. The first-order valence-corrected chi connectivity index (χ1v) is 11.1. The van der Waals surface area contributed by atoms with Crippen molar-refractivity contribution >= 4 is 12.0 Å². The number of aromatic nitrogens is 3. The molecule has 2 heterocycles. The number of alkyl halides is 3. The number of carbonyl (C=O) groups excluding carboxylic acids is 1. The van der Waals surface area contributed by atoms with Gasteiger partial charge in [-0.25, -0.2) is 9.59 Å². The van der Waals surface area contributed by atoms with Gasteiger partial charge in [-0.2, -0.15) is 13.2 Å². The van der Waals surface area contributed by atoms with Crippen LogP contribution >= 0.6 is 0 Å². The minimum absolute atomic E-state index is 0.126. The fraction of sp³-hybridized carbons (Fsp3) is 0.800. The quantitative estimate of drug-likeness (QED) is 0.599. The van der Waals surface area contributed by atoms with E-state index in [2.05, 4.69) is 20.9 Å². The fourth-order valence-corrected chi connectivity index (χ4v) is 4.01. The molecule has 1 aromatic rings. The predicted molar refractivity (Wildman–Crippen MR) is 111 cm³/mol. The Hall–Kier alpha value is -2.37. The van der Waals surface area contributed by atoms with Crippen molar-refractivity contribution in [3.63, 3.8) is 0 Å². The van der Waals surface area contributed by atoms with Gasteiger partial charge in [-0.15, -0.1) is 5.10 Å². The summed E-state index contributed by atoms with van der Waals surface area (Å²) in [7, 11) is 1.91. The number of halogens is 3. The molecule has 182 valence electrons. The van der Waals surface area contributed by atoms with E-state index in [4.69, 9.17) is 9.90 Å². The lowest BCUT2D eigenvalue weighted by atomic mass is 9.89. The molecule has 2 aliphatic rings. The Bertz CT molecular complexity index is 714. The Balaban J connectivity index is 0.000000451. The number of nitrogens with one attached hydrogen (secondary N) is 2. The van der Waals surface area contributed by atoms with Gasteiger partial charge >= 0.3 is 18.2 Å². The highest BCUT2D eigenvalue weighted by Gasteiger charge is 2.38. The van der Waals surface area contributed by atoms with Crippen molar-refractivity contribution in [1.29, 1.82) is 0 Å². The Kier molecular flexibility index (Phi) is 10.2. The van der Waals surface area contributed by atoms with Gasteiger partial charge in [0.2, 0.25) is 0 Å². The third-order valence-corrected chi connectivity index (χ3v) is 5.80. The molecular weight excluding hydrogens is 429 g/mol. The summed E-state index contributed by atoms with van der Waals surface area (Å²) in [5.41, 5.74) is 0.974. The Morgan fingerprint density at radius 2 is 1.75 bits per heavy atom. The number of rotatable bonds is 6. The first kappa shape index (κ1) is 25.9. The molecule has 1 saturated heterocycles. The van der Waals surface area contributed by atoms with Gasteiger partial charge in [-0.3, -0.25) is 4.68 Å². The first-order chi connectivity index (χ1) is 15.2. The zero-order valence-electron chi connectivity index (χ0n) is 18.4. The van der Waals surface area contributed by atoms with E-state index in [0.29, 0.717) is 11.8 Å². The van der Waals surface area contributed by atoms with E-state index in [9.17, 15) is 18.0 Å². The van der Waals surface area contributed by atoms with E-state index in [1.165, 1.54) is 32.1 Å². The second-order valence-electron chi connectivity index (χ2n) is 8.39. The summed E-state index contributed by atoms with van der Waals surface area (Å²) in [5, 5.41) is 21.7. The van der Waals surface area contributed by atoms with Crippen LogP contribution in [0.5, 0.6) is 0 Å². The number of hydrogen-bond donors (Lipinski definition) is 3. The number of carboxylic acids is 1. The van der Waals surface area contributed by atoms with E-state index in [1.807, 2.05) is 22.8 Å². The number of aliphatic carboxylic acids is 1. The summed E-state index contributed by atoms with van der Waals surface area (Å²) in [5.74, 6) is -1.49. The molecule has 1 aliphatic heterocycles. The number of urea groups is 1. The van der Waals surface area contributed by atoms with E-state index in [0.717, 1.165) is 51.3 Å². The number of likely N-dealkylation sites (tertiary alicyclic amines) is 1. The fourth-order valence-electron chi connectivity index (χ4n) is 4.01. The van der Waals surface area contributed by atoms with Crippen molar-refractivity contribution < 1.29 is 27.9 Å². The molecule has 0 bridgehead atoms. The molecule has 9 nitrogen and oxygen atoms in total. The van der Waals surface area contributed by atoms with Crippen LogP contribution in [0.15, 0.2) is 6.20 Å². The van der Waals surface area contributed by atoms with Crippen LogP contribution < -0.4 is 10.6 Å². The highest BCUT2D eigenvalue weighted by molar-refractivity contribution is 5.74. The van der Waals surface area contributed by atoms with Crippen molar-refractivity contribution in [2.45, 2.75) is 64.2 Å². The Morgan fingerprint density at radius 1 is 1.12 bits per heavy atom. The molecule has 0 aromatic carbocycles. The number of amides is 2. The zero-order chi connectivity index (χ0) is 23.6. The number of carboxylic acid groups (broad SMARTS) is 1. The van der Waals surface area contributed by atoms with E-state index < -0.39 is 12.1 Å². The summed E-state index contributed by atoms with van der Waals surface area (Å²) in [4.78, 5) is 23.2. The van der Waals surface area contributed by atoms with Crippen LogP contribution in [-0.4, -0.2) is 69.9 Å². The minimum atomic E-state index is -5.08. The molecule has 0 radical (unpaired) electrons. The maximum Gasteiger partial charge on any atom is 0.490 e. The van der Waals surface area contributed by atoms with Gasteiger partial charge < -0.3 is 20.6 Å². The maximum absolute atomic E-state index is 12.4. The molecule has 0 atom stereocenters. The number of nitrogens with zero attached hydrogens (tertiary/aromatic N) is 4. The highest BCUT2D eigenvalue weighted by Crippen LogP contribution is 2.23. The van der Waals surface area contributed by atoms with E-state index in [1.54, 1.807) is 0 Å². The molecule has 1 saturated carbocycles. The smallest absolute Gasteiger partial charge is 0.475 e. The van der Waals surface area contributed by atoms with Crippen molar-refractivity contribution in [3.05, 3.63) is 11.9 Å². The lowest BCUT2D eigenvalue weighted by molar-refractivity contribution is -0.192. The number of piperidine rings is 1. The summed E-state index contributed by atoms with van der Waals surface area (Å²) in [6, 6.07) is 0.126. The third-order valence-electron chi connectivity index (χ3n) is 5.80. The van der Waals surface area contributed by atoms with Crippen molar-refractivity contribution in [1.82, 2.24) is 30.5 Å². The van der Waals surface area contributed by atoms with Gasteiger partial charge in [-0.1, -0.05) is 24.5 Å². The van der Waals surface area contributed by atoms with Crippen LogP contribution in [0.2, 0.25) is 0 Å². The highest BCUT2D eigenvalue weighted by atomic mass is 19.4. The molecule has 1 aliphatic carbocycles. The average Bonchev–Trinajstić information content (AvgIpc) is 3.20. The second kappa shape index (κ2) is 12.6. The molecule has 2 amide bonds. The van der Waals surface area contributed by atoms with Gasteiger partial charge in [0.05, 0.1) is 5.69 Å². The summed E-state index contributed by atoms with van der Waals surface area (Å²) < 4.78 is 33.7. The monoisotopic (exact) mass is 462 g/mol. The van der Waals surface area contributed by atoms with Gasteiger partial charge in [0.15, 0.2) is 0 Å². The second-order valence-corrected chi connectivity index (χ2v) is 8.39. The normalized spacial score (nSPS) is 18.1. The van der Waals surface area contributed by atoms with Crippen molar-refractivity contribution in [2.24, 2.45) is 11.8 Å². The van der Waals surface area contributed by atoms with Crippen LogP contribution in [0.4, 0.5) is 18.0 Å². The number of hydrogen-bond acceptors (Lipinski definition) is 5. The lowest BCUT2D eigenvalue weighted by Gasteiger charge is -2.32. The molecule has 0 unspecified atom stereocenters. The van der Waals surface area contributed by atoms with E-state index in [-0.39, 0.29) is 6.03 Å². The van der Waals surface area contributed by atoms with Crippen LogP contribution in [0, 0.1) is 11.8 Å². The molecule has 32 heavy (non-hydrogen) atoms. The minimum Gasteiger partial charge on any atom is -0.475 e. The van der Waals surface area contributed by atoms with Crippen LogP contribution in [0.25, 0.3) is 0 Å². The molecule has 0 spiro atoms. The van der Waals surface area contributed by atoms with E-state index >= 15 is 0 Å². The van der Waals surface area contributed by atoms with Gasteiger partial charge in [0, 0.05) is 38.9 Å². The summed E-state index contributed by atoms with van der Waals surface area (Å²) in [6.07, 6.45) is 5.57. The maximum atomic E-state index is 12.4. The van der Waals surface area contributed by atoms with Crippen molar-refractivity contribution in [3.8, 4) is 0 Å². The third kappa shape index (κ3) is 9.01. The topological polar surface area (TPSA) is 112 Å². The van der Waals surface area contributed by atoms with Gasteiger partial charge in [0.25, 0.3) is 0 Å². The van der Waals surface area contributed by atoms with Crippen LogP contribution in [0.3, 0.4) is 0 Å². The Labute approximate surface area is 185 Å². The molecule has 3 rings (SSSR count). The zero-order valence-corrected chi connectivity index (χ0v) is 18.4. The summed E-state index contributed by atoms with van der Waals surface area (Å²) >= 11 is 0. The molecular formula is C20H33F3N6O3. The standard InChI is InChI=1S/C18H32N6O.C2HF3O2/c1-19-12-17-14-24(22-21-17)13-16-7-9-23(10-8-16)18(25)20-11-15-5-3-2-4-6-15;3-2(4,5)1(6)7/h14-16,19H,2-13H2,1H3,(H,20,25);(H,6,7). The van der Waals surface area contributed by atoms with Crippen LogP contribution in [-0.2, 0) is 17.9 Å². The van der Waals surface area contributed by atoms with Gasteiger partial charge in [0.1, 0.15) is 0 Å². The Morgan fingerprint density at radius 3 is 2.31 bits per heavy atom. The summed E-state index contributed by atoms with van der Waals surface area (Å²) in [6.45, 7) is 4.19. The number of carbonyl (C=O) groups is 2. The largest absolute Gasteiger partial charge is 0.490 e.